The van der Waals surface area contributed by atoms with E-state index in [1.54, 1.807) is 11.6 Å². The Bertz CT molecular complexity index is 1040. The first-order chi connectivity index (χ1) is 13.2. The smallest absolute Gasteiger partial charge is 0.265 e. The molecule has 1 aliphatic rings. The van der Waals surface area contributed by atoms with Gasteiger partial charge in [0.15, 0.2) is 0 Å². The van der Waals surface area contributed by atoms with Crippen LogP contribution in [0, 0.1) is 6.92 Å². The summed E-state index contributed by atoms with van der Waals surface area (Å²) in [6.45, 7) is 6.58. The quantitative estimate of drug-likeness (QED) is 0.765. The summed E-state index contributed by atoms with van der Waals surface area (Å²) in [4.78, 5) is 0.271. The number of hydrogen-bond donors (Lipinski definition) is 1. The van der Waals surface area contributed by atoms with E-state index in [1.807, 2.05) is 13.8 Å². The standard InChI is InChI=1S/C18H26N4O4S2/c1-4-21-15(3)18(13-19-21)27(23,24)20-16-8-10-17(11-9-16)28(25,26)22-12-6-5-7-14(22)2/h8-11,13-14,20H,4-7,12H2,1-3H3. The minimum Gasteiger partial charge on any atom is -0.280 e. The van der Waals surface area contributed by atoms with Gasteiger partial charge in [-0.05, 0) is 57.9 Å². The molecule has 154 valence electrons. The van der Waals surface area contributed by atoms with Crippen molar-refractivity contribution in [2.75, 3.05) is 11.3 Å². The monoisotopic (exact) mass is 426 g/mol. The average molecular weight is 427 g/mol. The van der Waals surface area contributed by atoms with Crippen molar-refractivity contribution in [3.63, 3.8) is 0 Å². The minimum atomic E-state index is -3.80. The van der Waals surface area contributed by atoms with Crippen LogP contribution in [0.15, 0.2) is 40.3 Å². The predicted molar refractivity (Wildman–Crippen MR) is 107 cm³/mol. The van der Waals surface area contributed by atoms with Crippen LogP contribution in [-0.4, -0.2) is 43.5 Å². The summed E-state index contributed by atoms with van der Waals surface area (Å²) in [6, 6.07) is 5.79. The largest absolute Gasteiger partial charge is 0.280 e. The van der Waals surface area contributed by atoms with Crippen molar-refractivity contribution in [3.8, 4) is 0 Å². The van der Waals surface area contributed by atoms with Gasteiger partial charge in [-0.2, -0.15) is 9.40 Å². The van der Waals surface area contributed by atoms with Crippen LogP contribution in [0.5, 0.6) is 0 Å². The summed E-state index contributed by atoms with van der Waals surface area (Å²) in [5.74, 6) is 0. The van der Waals surface area contributed by atoms with E-state index in [0.29, 0.717) is 24.5 Å². The van der Waals surface area contributed by atoms with E-state index >= 15 is 0 Å². The number of anilines is 1. The first-order valence-corrected chi connectivity index (χ1v) is 12.3. The maximum atomic E-state index is 12.9. The molecule has 1 atom stereocenters. The number of hydrogen-bond acceptors (Lipinski definition) is 5. The fourth-order valence-corrected chi connectivity index (χ4v) is 6.42. The lowest BCUT2D eigenvalue weighted by atomic mass is 10.1. The lowest BCUT2D eigenvalue weighted by molar-refractivity contribution is 0.268. The van der Waals surface area contributed by atoms with E-state index < -0.39 is 20.0 Å². The number of nitrogens with zero attached hydrogens (tertiary/aromatic N) is 3. The van der Waals surface area contributed by atoms with Gasteiger partial charge >= 0.3 is 0 Å². The maximum absolute atomic E-state index is 12.9. The molecule has 1 fully saturated rings. The summed E-state index contributed by atoms with van der Waals surface area (Å²) in [7, 11) is -7.39. The normalized spacial score (nSPS) is 18.9. The summed E-state index contributed by atoms with van der Waals surface area (Å²) in [5, 5.41) is 4.06. The molecule has 2 aromatic rings. The Kier molecular flexibility index (Phi) is 5.83. The summed E-state index contributed by atoms with van der Waals surface area (Å²) < 4.78 is 56.6. The third-order valence-corrected chi connectivity index (χ3v) is 8.61. The summed E-state index contributed by atoms with van der Waals surface area (Å²) in [6.07, 6.45) is 4.05. The third kappa shape index (κ3) is 3.94. The highest BCUT2D eigenvalue weighted by molar-refractivity contribution is 7.92. The van der Waals surface area contributed by atoms with Gasteiger partial charge in [-0.3, -0.25) is 9.40 Å². The molecule has 28 heavy (non-hydrogen) atoms. The minimum absolute atomic E-state index is 0.0324. The van der Waals surface area contributed by atoms with E-state index in [0.717, 1.165) is 19.3 Å². The van der Waals surface area contributed by atoms with Gasteiger partial charge < -0.3 is 0 Å². The summed E-state index contributed by atoms with van der Waals surface area (Å²) >= 11 is 0. The van der Waals surface area contributed by atoms with Crippen molar-refractivity contribution in [1.82, 2.24) is 14.1 Å². The molecule has 0 saturated carbocycles. The van der Waals surface area contributed by atoms with Crippen molar-refractivity contribution in [1.29, 1.82) is 0 Å². The Morgan fingerprint density at radius 1 is 1.14 bits per heavy atom. The highest BCUT2D eigenvalue weighted by Crippen LogP contribution is 2.26. The molecule has 0 amide bonds. The molecule has 1 aromatic carbocycles. The van der Waals surface area contributed by atoms with E-state index in [2.05, 4.69) is 9.82 Å². The number of aromatic nitrogens is 2. The molecule has 1 N–H and O–H groups in total. The molecule has 1 unspecified atom stereocenters. The molecule has 0 aliphatic carbocycles. The lowest BCUT2D eigenvalue weighted by Crippen LogP contribution is -2.41. The van der Waals surface area contributed by atoms with Crippen molar-refractivity contribution in [2.24, 2.45) is 0 Å². The number of rotatable bonds is 6. The van der Waals surface area contributed by atoms with Crippen molar-refractivity contribution in [3.05, 3.63) is 36.2 Å². The first kappa shape index (κ1) is 20.8. The highest BCUT2D eigenvalue weighted by atomic mass is 32.2. The second-order valence-corrected chi connectivity index (χ2v) is 10.5. The molecule has 3 rings (SSSR count). The molecule has 0 spiro atoms. The van der Waals surface area contributed by atoms with Gasteiger partial charge in [0.25, 0.3) is 10.0 Å². The van der Waals surface area contributed by atoms with Crippen LogP contribution in [0.2, 0.25) is 0 Å². The zero-order valence-corrected chi connectivity index (χ0v) is 17.9. The lowest BCUT2D eigenvalue weighted by Gasteiger charge is -2.32. The first-order valence-electron chi connectivity index (χ1n) is 9.34. The Balaban J connectivity index is 1.81. The highest BCUT2D eigenvalue weighted by Gasteiger charge is 2.31. The molecule has 0 bridgehead atoms. The Hall–Kier alpha value is -1.91. The zero-order valence-electron chi connectivity index (χ0n) is 16.3. The molecule has 2 heterocycles. The second kappa shape index (κ2) is 7.84. The Morgan fingerprint density at radius 2 is 1.82 bits per heavy atom. The van der Waals surface area contributed by atoms with Crippen molar-refractivity contribution < 1.29 is 16.8 Å². The molecule has 1 saturated heterocycles. The van der Waals surface area contributed by atoms with Gasteiger partial charge in [0.2, 0.25) is 10.0 Å². The van der Waals surface area contributed by atoms with Crippen LogP contribution < -0.4 is 4.72 Å². The molecule has 10 heteroatoms. The number of nitrogens with one attached hydrogen (secondary N) is 1. The van der Waals surface area contributed by atoms with Gasteiger partial charge in [0.1, 0.15) is 4.90 Å². The van der Waals surface area contributed by atoms with Crippen LogP contribution in [0.3, 0.4) is 0 Å². The molecule has 1 aliphatic heterocycles. The fourth-order valence-electron chi connectivity index (χ4n) is 3.48. The number of aryl methyl sites for hydroxylation is 1. The number of piperidine rings is 1. The topological polar surface area (TPSA) is 101 Å². The Labute approximate surface area is 166 Å². The van der Waals surface area contributed by atoms with Crippen LogP contribution in [0.25, 0.3) is 0 Å². The van der Waals surface area contributed by atoms with Gasteiger partial charge in [0.05, 0.1) is 16.8 Å². The number of sulfonamides is 2. The fraction of sp³-hybridized carbons (Fsp3) is 0.500. The average Bonchev–Trinajstić information content (AvgIpc) is 3.03. The van der Waals surface area contributed by atoms with Gasteiger partial charge in [-0.1, -0.05) is 6.42 Å². The molecular formula is C18H26N4O4S2. The van der Waals surface area contributed by atoms with Crippen molar-refractivity contribution >= 4 is 25.7 Å². The molecule has 0 radical (unpaired) electrons. The molecule has 8 nitrogen and oxygen atoms in total. The van der Waals surface area contributed by atoms with Crippen LogP contribution in [0.4, 0.5) is 5.69 Å². The second-order valence-electron chi connectivity index (χ2n) is 7.00. The predicted octanol–water partition coefficient (Wildman–Crippen LogP) is 2.58. The Morgan fingerprint density at radius 3 is 2.39 bits per heavy atom. The molecule has 1 aromatic heterocycles. The van der Waals surface area contributed by atoms with Crippen LogP contribution in [0.1, 0.15) is 38.8 Å². The van der Waals surface area contributed by atoms with E-state index in [1.165, 1.54) is 34.8 Å². The van der Waals surface area contributed by atoms with Crippen LogP contribution in [-0.2, 0) is 26.6 Å². The van der Waals surface area contributed by atoms with E-state index in [4.69, 9.17) is 0 Å². The van der Waals surface area contributed by atoms with E-state index in [-0.39, 0.29) is 15.8 Å². The number of benzene rings is 1. The zero-order chi connectivity index (χ0) is 20.5. The van der Waals surface area contributed by atoms with Gasteiger partial charge in [0, 0.05) is 24.8 Å². The third-order valence-electron chi connectivity index (χ3n) is 5.10. The van der Waals surface area contributed by atoms with Crippen LogP contribution >= 0.6 is 0 Å². The van der Waals surface area contributed by atoms with Crippen molar-refractivity contribution in [2.45, 2.75) is 62.4 Å². The van der Waals surface area contributed by atoms with E-state index in [9.17, 15) is 16.8 Å². The maximum Gasteiger partial charge on any atom is 0.265 e. The molecular weight excluding hydrogens is 400 g/mol. The van der Waals surface area contributed by atoms with Gasteiger partial charge in [-0.25, -0.2) is 16.8 Å². The summed E-state index contributed by atoms with van der Waals surface area (Å²) in [5.41, 5.74) is 0.850. The SMILES string of the molecule is CCn1ncc(S(=O)(=O)Nc2ccc(S(=O)(=O)N3CCCCC3C)cc2)c1C. The van der Waals surface area contributed by atoms with Gasteiger partial charge in [-0.15, -0.1) is 0 Å².